The zero-order chi connectivity index (χ0) is 14.8. The van der Waals surface area contributed by atoms with Gasteiger partial charge < -0.3 is 5.32 Å². The first kappa shape index (κ1) is 14.8. The number of hydrogen-bond acceptors (Lipinski definition) is 1. The van der Waals surface area contributed by atoms with Crippen molar-refractivity contribution in [1.82, 2.24) is 5.32 Å². The van der Waals surface area contributed by atoms with Crippen molar-refractivity contribution in [1.29, 1.82) is 0 Å². The molecule has 1 nitrogen and oxygen atoms in total. The van der Waals surface area contributed by atoms with Crippen LogP contribution in [0.4, 0.5) is 0 Å². The minimum Gasteiger partial charge on any atom is -0.309 e. The summed E-state index contributed by atoms with van der Waals surface area (Å²) < 4.78 is 1.18. The molecule has 1 aliphatic carbocycles. The van der Waals surface area contributed by atoms with Gasteiger partial charge in [-0.2, -0.15) is 0 Å². The summed E-state index contributed by atoms with van der Waals surface area (Å²) in [6.45, 7) is 2.18. The predicted molar refractivity (Wildman–Crippen MR) is 92.8 cm³/mol. The van der Waals surface area contributed by atoms with Crippen LogP contribution < -0.4 is 5.32 Å². The van der Waals surface area contributed by atoms with E-state index in [1.54, 1.807) is 0 Å². The first-order valence-electron chi connectivity index (χ1n) is 7.73. The van der Waals surface area contributed by atoms with E-state index in [0.717, 1.165) is 5.92 Å². The maximum atomic E-state index is 3.65. The van der Waals surface area contributed by atoms with Crippen LogP contribution in [0.25, 0.3) is 0 Å². The predicted octanol–water partition coefficient (Wildman–Crippen LogP) is 5.33. The summed E-state index contributed by atoms with van der Waals surface area (Å²) in [5.41, 5.74) is 5.53. The van der Waals surface area contributed by atoms with E-state index < -0.39 is 0 Å². The fourth-order valence-corrected chi connectivity index (χ4v) is 3.55. The summed E-state index contributed by atoms with van der Waals surface area (Å²) in [6.07, 6.45) is 4.09. The summed E-state index contributed by atoms with van der Waals surface area (Å²) in [4.78, 5) is 0. The molecule has 0 bridgehead atoms. The van der Waals surface area contributed by atoms with Crippen molar-refractivity contribution < 1.29 is 0 Å². The fourth-order valence-electron chi connectivity index (χ4n) is 3.17. The van der Waals surface area contributed by atoms with Gasteiger partial charge in [0, 0.05) is 4.47 Å². The van der Waals surface area contributed by atoms with Crippen LogP contribution >= 0.6 is 15.9 Å². The van der Waals surface area contributed by atoms with E-state index in [0.29, 0.717) is 0 Å². The minimum absolute atomic E-state index is 0.252. The third-order valence-electron chi connectivity index (χ3n) is 4.73. The highest BCUT2D eigenvalue weighted by Gasteiger charge is 2.21. The Kier molecular flexibility index (Phi) is 4.46. The highest BCUT2D eigenvalue weighted by Crippen LogP contribution is 2.38. The molecule has 2 heteroatoms. The van der Waals surface area contributed by atoms with Crippen LogP contribution in [0.1, 0.15) is 53.5 Å². The Morgan fingerprint density at radius 3 is 2.57 bits per heavy atom. The first-order chi connectivity index (χ1) is 10.2. The van der Waals surface area contributed by atoms with Gasteiger partial charge in [-0.3, -0.25) is 0 Å². The summed E-state index contributed by atoms with van der Waals surface area (Å²) in [5.74, 6) is 0.783. The Morgan fingerprint density at radius 2 is 1.90 bits per heavy atom. The largest absolute Gasteiger partial charge is 0.309 e. The molecule has 1 atom stereocenters. The Bertz CT molecular complexity index is 631. The Morgan fingerprint density at radius 1 is 1.14 bits per heavy atom. The Balaban J connectivity index is 1.97. The minimum atomic E-state index is 0.252. The number of benzene rings is 2. The number of rotatable bonds is 4. The van der Waals surface area contributed by atoms with Crippen molar-refractivity contribution in [3.05, 3.63) is 69.2 Å². The highest BCUT2D eigenvalue weighted by molar-refractivity contribution is 9.10. The van der Waals surface area contributed by atoms with E-state index in [1.807, 2.05) is 7.05 Å². The second kappa shape index (κ2) is 6.33. The van der Waals surface area contributed by atoms with Gasteiger partial charge in [-0.1, -0.05) is 58.7 Å². The van der Waals surface area contributed by atoms with Crippen LogP contribution in [0.3, 0.4) is 0 Å². The molecule has 3 rings (SSSR count). The van der Waals surface area contributed by atoms with Crippen LogP contribution in [0.15, 0.2) is 46.9 Å². The van der Waals surface area contributed by atoms with E-state index in [1.165, 1.54) is 46.0 Å². The number of hydrogen-bond donors (Lipinski definition) is 1. The van der Waals surface area contributed by atoms with E-state index in [2.05, 4.69) is 70.6 Å². The van der Waals surface area contributed by atoms with Crippen molar-refractivity contribution in [3.8, 4) is 0 Å². The topological polar surface area (TPSA) is 12.0 Å². The third kappa shape index (κ3) is 2.93. The summed E-state index contributed by atoms with van der Waals surface area (Å²) in [7, 11) is 2.04. The van der Waals surface area contributed by atoms with Crippen molar-refractivity contribution in [3.63, 3.8) is 0 Å². The molecule has 1 N–H and O–H groups in total. The van der Waals surface area contributed by atoms with Crippen LogP contribution in [0.5, 0.6) is 0 Å². The second-order valence-electron chi connectivity index (χ2n) is 5.97. The van der Waals surface area contributed by atoms with E-state index >= 15 is 0 Å². The molecular weight excluding hydrogens is 322 g/mol. The molecular formula is C19H22BrN. The molecule has 2 aromatic carbocycles. The van der Waals surface area contributed by atoms with Gasteiger partial charge in [-0.05, 0) is 61.1 Å². The molecule has 0 spiro atoms. The van der Waals surface area contributed by atoms with Gasteiger partial charge in [0.05, 0.1) is 6.04 Å². The molecule has 1 fully saturated rings. The lowest BCUT2D eigenvalue weighted by Gasteiger charge is -2.27. The zero-order valence-corrected chi connectivity index (χ0v) is 14.3. The summed E-state index contributed by atoms with van der Waals surface area (Å²) in [6, 6.07) is 15.8. The Hall–Kier alpha value is -1.12. The van der Waals surface area contributed by atoms with E-state index in [-0.39, 0.29) is 6.04 Å². The first-order valence-corrected chi connectivity index (χ1v) is 8.52. The standard InChI is InChI=1S/C19H22BrN/c1-13-17(10-5-11-18(13)20)19(21-2)16-9-4-8-15(12-16)14-6-3-7-14/h4-5,8-12,14,19,21H,3,6-7H2,1-2H3. The summed E-state index contributed by atoms with van der Waals surface area (Å²) >= 11 is 3.65. The van der Waals surface area contributed by atoms with Crippen molar-refractivity contribution in [2.75, 3.05) is 7.05 Å². The normalized spacial score (nSPS) is 16.5. The molecule has 0 aliphatic heterocycles. The zero-order valence-electron chi connectivity index (χ0n) is 12.7. The van der Waals surface area contributed by atoms with Gasteiger partial charge in [-0.25, -0.2) is 0 Å². The van der Waals surface area contributed by atoms with Crippen molar-refractivity contribution in [2.24, 2.45) is 0 Å². The average Bonchev–Trinajstić information content (AvgIpc) is 2.43. The van der Waals surface area contributed by atoms with Crippen LogP contribution in [-0.2, 0) is 0 Å². The molecule has 0 heterocycles. The lowest BCUT2D eigenvalue weighted by atomic mass is 9.79. The van der Waals surface area contributed by atoms with Crippen molar-refractivity contribution in [2.45, 2.75) is 38.1 Å². The van der Waals surface area contributed by atoms with Gasteiger partial charge in [-0.15, -0.1) is 0 Å². The molecule has 2 aromatic rings. The number of nitrogens with one attached hydrogen (secondary N) is 1. The lowest BCUT2D eigenvalue weighted by molar-refractivity contribution is 0.419. The molecule has 0 amide bonds. The monoisotopic (exact) mass is 343 g/mol. The smallest absolute Gasteiger partial charge is 0.0577 e. The van der Waals surface area contributed by atoms with Crippen LogP contribution in [0, 0.1) is 6.92 Å². The van der Waals surface area contributed by atoms with Crippen LogP contribution in [-0.4, -0.2) is 7.05 Å². The molecule has 0 aromatic heterocycles. The molecule has 1 saturated carbocycles. The lowest BCUT2D eigenvalue weighted by Crippen LogP contribution is -2.19. The fraction of sp³-hybridized carbons (Fsp3) is 0.368. The molecule has 21 heavy (non-hydrogen) atoms. The molecule has 0 saturated heterocycles. The van der Waals surface area contributed by atoms with Gasteiger partial charge in [0.15, 0.2) is 0 Å². The van der Waals surface area contributed by atoms with Gasteiger partial charge >= 0.3 is 0 Å². The van der Waals surface area contributed by atoms with Crippen LogP contribution in [0.2, 0.25) is 0 Å². The molecule has 110 valence electrons. The van der Waals surface area contributed by atoms with E-state index in [9.17, 15) is 0 Å². The van der Waals surface area contributed by atoms with Gasteiger partial charge in [0.25, 0.3) is 0 Å². The number of halogens is 1. The average molecular weight is 344 g/mol. The quantitative estimate of drug-likeness (QED) is 0.790. The maximum absolute atomic E-state index is 3.65. The molecule has 1 aliphatic rings. The molecule has 1 unspecified atom stereocenters. The molecule has 0 radical (unpaired) electrons. The highest BCUT2D eigenvalue weighted by atomic mass is 79.9. The summed E-state index contributed by atoms with van der Waals surface area (Å²) in [5, 5.41) is 3.48. The van der Waals surface area contributed by atoms with E-state index in [4.69, 9.17) is 0 Å². The second-order valence-corrected chi connectivity index (χ2v) is 6.83. The van der Waals surface area contributed by atoms with Gasteiger partial charge in [0.1, 0.15) is 0 Å². The third-order valence-corrected chi connectivity index (χ3v) is 5.59. The van der Waals surface area contributed by atoms with Gasteiger partial charge in [0.2, 0.25) is 0 Å². The maximum Gasteiger partial charge on any atom is 0.0577 e. The SMILES string of the molecule is CNC(c1cccc(C2CCC2)c1)c1cccc(Br)c1C. The Labute approximate surface area is 135 Å². The van der Waals surface area contributed by atoms with Crippen molar-refractivity contribution >= 4 is 15.9 Å².